The van der Waals surface area contributed by atoms with Crippen molar-refractivity contribution in [1.29, 1.82) is 0 Å². The van der Waals surface area contributed by atoms with Crippen molar-refractivity contribution in [3.8, 4) is 5.75 Å². The lowest BCUT2D eigenvalue weighted by Gasteiger charge is -2.28. The Bertz CT molecular complexity index is 1120. The largest absolute Gasteiger partial charge is 0.507 e. The smallest absolute Gasteiger partial charge is 0.295 e. The van der Waals surface area contributed by atoms with Gasteiger partial charge in [-0.1, -0.05) is 13.8 Å². The number of hydrogen-bond donors (Lipinski definition) is 1. The van der Waals surface area contributed by atoms with E-state index in [4.69, 9.17) is 4.74 Å². The third-order valence-corrected chi connectivity index (χ3v) is 6.20. The van der Waals surface area contributed by atoms with E-state index in [9.17, 15) is 24.8 Å². The molecule has 1 saturated heterocycles. The van der Waals surface area contributed by atoms with E-state index in [1.165, 1.54) is 36.3 Å². The molecule has 1 fully saturated rings. The van der Waals surface area contributed by atoms with Gasteiger partial charge in [0.1, 0.15) is 11.5 Å². The molecule has 1 N–H and O–H groups in total. The minimum absolute atomic E-state index is 0.0355. The average Bonchev–Trinajstić information content (AvgIpc) is 3.09. The maximum atomic E-state index is 13.2. The molecule has 0 unspecified atom stereocenters. The molecule has 0 bridgehead atoms. The quantitative estimate of drug-likeness (QED) is 0.197. The van der Waals surface area contributed by atoms with Crippen LogP contribution in [0.1, 0.15) is 36.6 Å². The lowest BCUT2D eigenvalue weighted by molar-refractivity contribution is -0.384. The lowest BCUT2D eigenvalue weighted by Crippen LogP contribution is -2.38. The van der Waals surface area contributed by atoms with E-state index in [1.54, 1.807) is 25.1 Å². The second kappa shape index (κ2) is 10.5. The highest BCUT2D eigenvalue weighted by Crippen LogP contribution is 2.40. The number of rotatable bonds is 9. The van der Waals surface area contributed by atoms with E-state index < -0.39 is 22.7 Å². The molecular formula is C25H29N3O6. The van der Waals surface area contributed by atoms with Crippen molar-refractivity contribution < 1.29 is 24.4 Å². The van der Waals surface area contributed by atoms with Gasteiger partial charge in [-0.2, -0.15) is 0 Å². The Morgan fingerprint density at radius 2 is 1.79 bits per heavy atom. The fourth-order valence-corrected chi connectivity index (χ4v) is 4.20. The van der Waals surface area contributed by atoms with Crippen molar-refractivity contribution in [2.75, 3.05) is 33.3 Å². The van der Waals surface area contributed by atoms with Gasteiger partial charge in [0, 0.05) is 30.8 Å². The van der Waals surface area contributed by atoms with Gasteiger partial charge in [-0.25, -0.2) is 0 Å². The molecule has 1 atom stereocenters. The zero-order valence-corrected chi connectivity index (χ0v) is 19.8. The van der Waals surface area contributed by atoms with E-state index in [0.29, 0.717) is 29.0 Å². The third kappa shape index (κ3) is 4.79. The summed E-state index contributed by atoms with van der Waals surface area (Å²) in [4.78, 5) is 40.4. The Kier molecular flexibility index (Phi) is 7.68. The maximum absolute atomic E-state index is 13.2. The van der Waals surface area contributed by atoms with Crippen LogP contribution in [0, 0.1) is 17.0 Å². The molecule has 1 aliphatic rings. The van der Waals surface area contributed by atoms with Gasteiger partial charge in [0.15, 0.2) is 0 Å². The van der Waals surface area contributed by atoms with Crippen molar-refractivity contribution in [2.24, 2.45) is 0 Å². The summed E-state index contributed by atoms with van der Waals surface area (Å²) >= 11 is 0. The van der Waals surface area contributed by atoms with Crippen molar-refractivity contribution in [3.05, 3.63) is 74.8 Å². The topological polar surface area (TPSA) is 113 Å². The normalized spacial score (nSPS) is 17.4. The number of aliphatic hydroxyl groups excluding tert-OH is 1. The molecule has 0 radical (unpaired) electrons. The number of hydrogen-bond acceptors (Lipinski definition) is 7. The van der Waals surface area contributed by atoms with Gasteiger partial charge >= 0.3 is 0 Å². The zero-order chi connectivity index (χ0) is 25.0. The van der Waals surface area contributed by atoms with Gasteiger partial charge in [0.2, 0.25) is 0 Å². The van der Waals surface area contributed by atoms with Crippen LogP contribution in [0.4, 0.5) is 5.69 Å². The number of likely N-dealkylation sites (N-methyl/N-ethyl adjacent to an activating group) is 1. The molecule has 9 nitrogen and oxygen atoms in total. The second-order valence-electron chi connectivity index (χ2n) is 8.05. The van der Waals surface area contributed by atoms with Crippen LogP contribution in [0.2, 0.25) is 0 Å². The monoisotopic (exact) mass is 467 g/mol. The molecule has 180 valence electrons. The highest BCUT2D eigenvalue weighted by atomic mass is 16.6. The van der Waals surface area contributed by atoms with Crippen LogP contribution in [0.15, 0.2) is 48.0 Å². The molecule has 9 heteroatoms. The van der Waals surface area contributed by atoms with Gasteiger partial charge < -0.3 is 19.6 Å². The number of carbonyl (C=O) groups excluding carboxylic acids is 2. The SMILES string of the molecule is CCN(CC)CCN1C(=O)C(=O)/C(=C(/O)c2ccc(OC)cc2C)[C@H]1c1ccc([N+](=O)[O-])cc1. The fraction of sp³-hybridized carbons (Fsp3) is 0.360. The molecule has 3 rings (SSSR count). The summed E-state index contributed by atoms with van der Waals surface area (Å²) in [6, 6.07) is 9.88. The Hall–Kier alpha value is -3.72. The molecule has 0 aliphatic carbocycles. The molecule has 2 aromatic rings. The number of ether oxygens (including phenoxy) is 1. The third-order valence-electron chi connectivity index (χ3n) is 6.20. The number of aliphatic hydroxyl groups is 1. The summed E-state index contributed by atoms with van der Waals surface area (Å²) in [5.74, 6) is -1.17. The Morgan fingerprint density at radius 1 is 1.15 bits per heavy atom. The van der Waals surface area contributed by atoms with Crippen LogP contribution < -0.4 is 4.74 Å². The number of likely N-dealkylation sites (tertiary alicyclic amines) is 1. The molecule has 1 heterocycles. The Morgan fingerprint density at radius 3 is 2.32 bits per heavy atom. The lowest BCUT2D eigenvalue weighted by atomic mass is 9.93. The van der Waals surface area contributed by atoms with Gasteiger partial charge in [0.25, 0.3) is 17.4 Å². The van der Waals surface area contributed by atoms with Gasteiger partial charge in [-0.3, -0.25) is 19.7 Å². The molecule has 0 aromatic heterocycles. The first kappa shape index (κ1) is 24.9. The number of Topliss-reactive ketones (excluding diaryl/α,β-unsaturated/α-hetero) is 1. The van der Waals surface area contributed by atoms with Gasteiger partial charge in [-0.05, 0) is 61.5 Å². The van der Waals surface area contributed by atoms with Gasteiger partial charge in [-0.15, -0.1) is 0 Å². The van der Waals surface area contributed by atoms with E-state index in [0.717, 1.165) is 13.1 Å². The van der Waals surface area contributed by atoms with Crippen molar-refractivity contribution >= 4 is 23.1 Å². The molecule has 0 saturated carbocycles. The van der Waals surface area contributed by atoms with E-state index in [1.807, 2.05) is 13.8 Å². The number of nitro benzene ring substituents is 1. The average molecular weight is 468 g/mol. The van der Waals surface area contributed by atoms with Crippen molar-refractivity contribution in [2.45, 2.75) is 26.8 Å². The number of nitrogens with zero attached hydrogens (tertiary/aromatic N) is 3. The summed E-state index contributed by atoms with van der Waals surface area (Å²) in [5, 5.41) is 22.4. The van der Waals surface area contributed by atoms with E-state index in [2.05, 4.69) is 4.90 Å². The van der Waals surface area contributed by atoms with Crippen LogP contribution in [0.3, 0.4) is 0 Å². The molecule has 1 aliphatic heterocycles. The minimum Gasteiger partial charge on any atom is -0.507 e. The fourth-order valence-electron chi connectivity index (χ4n) is 4.20. The highest BCUT2D eigenvalue weighted by Gasteiger charge is 2.46. The van der Waals surface area contributed by atoms with Crippen LogP contribution >= 0.6 is 0 Å². The molecule has 34 heavy (non-hydrogen) atoms. The number of non-ortho nitro benzene ring substituents is 1. The number of nitro groups is 1. The highest BCUT2D eigenvalue weighted by molar-refractivity contribution is 6.46. The summed E-state index contributed by atoms with van der Waals surface area (Å²) in [6.07, 6.45) is 0. The number of methoxy groups -OCH3 is 1. The van der Waals surface area contributed by atoms with Crippen molar-refractivity contribution in [3.63, 3.8) is 0 Å². The maximum Gasteiger partial charge on any atom is 0.295 e. The van der Waals surface area contributed by atoms with Crippen LogP contribution in [-0.2, 0) is 9.59 Å². The van der Waals surface area contributed by atoms with E-state index >= 15 is 0 Å². The number of amides is 1. The van der Waals surface area contributed by atoms with Crippen LogP contribution in [0.25, 0.3) is 5.76 Å². The van der Waals surface area contributed by atoms with Crippen LogP contribution in [-0.4, -0.2) is 64.8 Å². The first-order valence-corrected chi connectivity index (χ1v) is 11.1. The second-order valence-corrected chi connectivity index (χ2v) is 8.05. The number of benzene rings is 2. The van der Waals surface area contributed by atoms with Gasteiger partial charge in [0.05, 0.1) is 23.6 Å². The predicted octanol–water partition coefficient (Wildman–Crippen LogP) is 3.68. The summed E-state index contributed by atoms with van der Waals surface area (Å²) in [7, 11) is 1.53. The summed E-state index contributed by atoms with van der Waals surface area (Å²) in [6.45, 7) is 8.18. The number of aryl methyl sites for hydroxylation is 1. The first-order chi connectivity index (χ1) is 16.2. The van der Waals surface area contributed by atoms with Crippen LogP contribution in [0.5, 0.6) is 5.75 Å². The zero-order valence-electron chi connectivity index (χ0n) is 19.8. The minimum atomic E-state index is -0.863. The van der Waals surface area contributed by atoms with E-state index in [-0.39, 0.29) is 23.6 Å². The standard InChI is InChI=1S/C25H29N3O6/c1-5-26(6-2)13-14-27-22(17-7-9-18(10-8-17)28(32)33)21(24(30)25(27)31)23(29)20-12-11-19(34-4)15-16(20)3/h7-12,15,22,29H,5-6,13-14H2,1-4H3/b23-21+/t22-/m1/s1. The Balaban J connectivity index is 2.13. The first-order valence-electron chi connectivity index (χ1n) is 11.1. The molecule has 0 spiro atoms. The number of ketones is 1. The molecule has 1 amide bonds. The number of carbonyl (C=O) groups is 2. The van der Waals surface area contributed by atoms with Crippen molar-refractivity contribution in [1.82, 2.24) is 9.80 Å². The Labute approximate surface area is 198 Å². The summed E-state index contributed by atoms with van der Waals surface area (Å²) < 4.78 is 5.22. The predicted molar refractivity (Wildman–Crippen MR) is 128 cm³/mol. The summed E-state index contributed by atoms with van der Waals surface area (Å²) in [5.41, 5.74) is 1.46. The molecule has 2 aromatic carbocycles. The molecular weight excluding hydrogens is 438 g/mol.